The maximum Gasteiger partial charge on any atom is 0.126 e. The Labute approximate surface area is 72.6 Å². The summed E-state index contributed by atoms with van der Waals surface area (Å²) in [6.07, 6.45) is 0. The summed E-state index contributed by atoms with van der Waals surface area (Å²) in [4.78, 5) is 0. The minimum absolute atomic E-state index is 0.137. The van der Waals surface area contributed by atoms with Crippen LogP contribution in [-0.4, -0.2) is 7.05 Å². The van der Waals surface area contributed by atoms with Crippen molar-refractivity contribution in [2.45, 2.75) is 19.9 Å². The largest absolute Gasteiger partial charge is 0.313 e. The summed E-state index contributed by atoms with van der Waals surface area (Å²) in [7, 11) is 1.89. The molecule has 66 valence electrons. The third kappa shape index (κ3) is 1.83. The number of halogens is 1. The molecule has 1 nitrogen and oxygen atoms in total. The van der Waals surface area contributed by atoms with Crippen LogP contribution in [0, 0.1) is 12.7 Å². The zero-order valence-corrected chi connectivity index (χ0v) is 7.69. The maximum absolute atomic E-state index is 12.8. The number of hydrogen-bond donors (Lipinski definition) is 1. The molecule has 0 spiro atoms. The van der Waals surface area contributed by atoms with Gasteiger partial charge in [-0.3, -0.25) is 0 Å². The Morgan fingerprint density at radius 2 is 2.08 bits per heavy atom. The van der Waals surface area contributed by atoms with E-state index in [0.717, 1.165) is 5.56 Å². The molecular formula is C10H14FN. The average Bonchev–Trinajstić information content (AvgIpc) is 2.08. The summed E-state index contributed by atoms with van der Waals surface area (Å²) >= 11 is 0. The summed E-state index contributed by atoms with van der Waals surface area (Å²) < 4.78 is 12.8. The van der Waals surface area contributed by atoms with Crippen molar-refractivity contribution < 1.29 is 4.39 Å². The Hall–Kier alpha value is -0.890. The highest BCUT2D eigenvalue weighted by molar-refractivity contribution is 5.25. The molecule has 1 atom stereocenters. The van der Waals surface area contributed by atoms with Crippen LogP contribution in [0.4, 0.5) is 4.39 Å². The van der Waals surface area contributed by atoms with E-state index >= 15 is 0 Å². The molecule has 0 amide bonds. The molecule has 0 bridgehead atoms. The van der Waals surface area contributed by atoms with Gasteiger partial charge in [-0.25, -0.2) is 4.39 Å². The third-order valence-electron chi connectivity index (χ3n) is 2.12. The molecule has 0 saturated carbocycles. The topological polar surface area (TPSA) is 12.0 Å². The molecule has 12 heavy (non-hydrogen) atoms. The molecular weight excluding hydrogens is 153 g/mol. The van der Waals surface area contributed by atoms with Gasteiger partial charge in [0.2, 0.25) is 0 Å². The Bertz CT molecular complexity index is 271. The summed E-state index contributed by atoms with van der Waals surface area (Å²) in [6.45, 7) is 3.83. The third-order valence-corrected chi connectivity index (χ3v) is 2.12. The van der Waals surface area contributed by atoms with Gasteiger partial charge in [-0.2, -0.15) is 0 Å². The lowest BCUT2D eigenvalue weighted by atomic mass is 10.1. The van der Waals surface area contributed by atoms with E-state index in [4.69, 9.17) is 0 Å². The second-order valence-electron chi connectivity index (χ2n) is 3.02. The van der Waals surface area contributed by atoms with Crippen LogP contribution in [0.5, 0.6) is 0 Å². The first-order valence-electron chi connectivity index (χ1n) is 4.08. The van der Waals surface area contributed by atoms with E-state index in [1.54, 1.807) is 6.92 Å². The molecule has 0 aromatic heterocycles. The normalized spacial score (nSPS) is 13.0. The second kappa shape index (κ2) is 3.68. The first kappa shape index (κ1) is 9.20. The van der Waals surface area contributed by atoms with Gasteiger partial charge >= 0.3 is 0 Å². The molecule has 0 aliphatic heterocycles. The van der Waals surface area contributed by atoms with E-state index < -0.39 is 0 Å². The number of rotatable bonds is 2. The van der Waals surface area contributed by atoms with Crippen molar-refractivity contribution in [3.8, 4) is 0 Å². The van der Waals surface area contributed by atoms with Crippen LogP contribution in [0.2, 0.25) is 0 Å². The zero-order valence-electron chi connectivity index (χ0n) is 7.69. The molecule has 0 saturated heterocycles. The SMILES string of the molecule is CN[C@@H](C)c1ccc(F)c(C)c1. The summed E-state index contributed by atoms with van der Waals surface area (Å²) in [5, 5.41) is 3.11. The molecule has 1 aromatic carbocycles. The van der Waals surface area contributed by atoms with Crippen LogP contribution in [0.3, 0.4) is 0 Å². The molecule has 0 radical (unpaired) electrons. The molecule has 0 unspecified atom stereocenters. The van der Waals surface area contributed by atoms with Crippen molar-refractivity contribution in [2.24, 2.45) is 0 Å². The number of aryl methyl sites for hydroxylation is 1. The van der Waals surface area contributed by atoms with Crippen molar-refractivity contribution in [1.29, 1.82) is 0 Å². The van der Waals surface area contributed by atoms with Crippen LogP contribution in [-0.2, 0) is 0 Å². The highest BCUT2D eigenvalue weighted by Gasteiger charge is 2.03. The predicted octanol–water partition coefficient (Wildman–Crippen LogP) is 2.41. The van der Waals surface area contributed by atoms with E-state index in [0.29, 0.717) is 5.56 Å². The van der Waals surface area contributed by atoms with Gasteiger partial charge in [0, 0.05) is 6.04 Å². The van der Waals surface area contributed by atoms with E-state index in [1.807, 2.05) is 26.1 Å². The van der Waals surface area contributed by atoms with Crippen molar-refractivity contribution in [1.82, 2.24) is 5.32 Å². The minimum Gasteiger partial charge on any atom is -0.313 e. The van der Waals surface area contributed by atoms with Crippen molar-refractivity contribution >= 4 is 0 Å². The number of nitrogens with one attached hydrogen (secondary N) is 1. The van der Waals surface area contributed by atoms with E-state index in [2.05, 4.69) is 5.32 Å². The molecule has 0 fully saturated rings. The summed E-state index contributed by atoms with van der Waals surface area (Å²) in [6, 6.07) is 5.47. The lowest BCUT2D eigenvalue weighted by Gasteiger charge is -2.10. The lowest BCUT2D eigenvalue weighted by Crippen LogP contribution is -2.12. The van der Waals surface area contributed by atoms with Crippen LogP contribution >= 0.6 is 0 Å². The van der Waals surface area contributed by atoms with Gasteiger partial charge in [-0.1, -0.05) is 12.1 Å². The molecule has 1 N–H and O–H groups in total. The first-order chi connectivity index (χ1) is 5.65. The second-order valence-corrected chi connectivity index (χ2v) is 3.02. The van der Waals surface area contributed by atoms with E-state index in [1.165, 1.54) is 6.07 Å². The van der Waals surface area contributed by atoms with Gasteiger partial charge in [-0.05, 0) is 38.1 Å². The Balaban J connectivity index is 2.96. The van der Waals surface area contributed by atoms with Gasteiger partial charge in [0.25, 0.3) is 0 Å². The van der Waals surface area contributed by atoms with Crippen molar-refractivity contribution in [3.63, 3.8) is 0 Å². The minimum atomic E-state index is -0.137. The predicted molar refractivity (Wildman–Crippen MR) is 48.6 cm³/mol. The Kier molecular flexibility index (Phi) is 2.82. The molecule has 1 rings (SSSR count). The van der Waals surface area contributed by atoms with Crippen LogP contribution in [0.1, 0.15) is 24.1 Å². The van der Waals surface area contributed by atoms with Gasteiger partial charge in [-0.15, -0.1) is 0 Å². The highest BCUT2D eigenvalue weighted by Crippen LogP contribution is 2.15. The van der Waals surface area contributed by atoms with E-state index in [9.17, 15) is 4.39 Å². The molecule has 0 heterocycles. The standard InChI is InChI=1S/C10H14FN/c1-7-6-9(8(2)12-3)4-5-10(7)11/h4-6,8,12H,1-3H3/t8-/m0/s1. The monoisotopic (exact) mass is 167 g/mol. The molecule has 2 heteroatoms. The zero-order chi connectivity index (χ0) is 9.14. The first-order valence-corrected chi connectivity index (χ1v) is 4.08. The molecule has 0 aliphatic rings. The maximum atomic E-state index is 12.8. The Morgan fingerprint density at radius 3 is 2.58 bits per heavy atom. The quantitative estimate of drug-likeness (QED) is 0.713. The Morgan fingerprint density at radius 1 is 1.42 bits per heavy atom. The molecule has 1 aromatic rings. The van der Waals surface area contributed by atoms with Gasteiger partial charge in [0.05, 0.1) is 0 Å². The summed E-state index contributed by atoms with van der Waals surface area (Å²) in [5.74, 6) is -0.137. The fourth-order valence-electron chi connectivity index (χ4n) is 1.10. The highest BCUT2D eigenvalue weighted by atomic mass is 19.1. The lowest BCUT2D eigenvalue weighted by molar-refractivity contribution is 0.610. The van der Waals surface area contributed by atoms with Crippen molar-refractivity contribution in [3.05, 3.63) is 35.1 Å². The van der Waals surface area contributed by atoms with Crippen LogP contribution in [0.15, 0.2) is 18.2 Å². The van der Waals surface area contributed by atoms with Crippen molar-refractivity contribution in [2.75, 3.05) is 7.05 Å². The van der Waals surface area contributed by atoms with Gasteiger partial charge < -0.3 is 5.32 Å². The van der Waals surface area contributed by atoms with E-state index in [-0.39, 0.29) is 11.9 Å². The van der Waals surface area contributed by atoms with Crippen LogP contribution < -0.4 is 5.32 Å². The number of benzene rings is 1. The fourth-order valence-corrected chi connectivity index (χ4v) is 1.10. The molecule has 0 aliphatic carbocycles. The number of hydrogen-bond acceptors (Lipinski definition) is 1. The van der Waals surface area contributed by atoms with Crippen LogP contribution in [0.25, 0.3) is 0 Å². The van der Waals surface area contributed by atoms with Gasteiger partial charge in [0.1, 0.15) is 5.82 Å². The fraction of sp³-hybridized carbons (Fsp3) is 0.400. The van der Waals surface area contributed by atoms with Gasteiger partial charge in [0.15, 0.2) is 0 Å². The summed E-state index contributed by atoms with van der Waals surface area (Å²) in [5.41, 5.74) is 1.83. The average molecular weight is 167 g/mol. The smallest absolute Gasteiger partial charge is 0.126 e.